The smallest absolute Gasteiger partial charge is 0.287 e. The number of β-amino-alcohol motifs (C(OH)–C–C–N with tert-alkyl or cyclic N) is 1. The van der Waals surface area contributed by atoms with Crippen molar-refractivity contribution in [1.29, 1.82) is 0 Å². The number of furan rings is 1. The maximum absolute atomic E-state index is 11.7. The lowest BCUT2D eigenvalue weighted by Gasteiger charge is -2.18. The summed E-state index contributed by atoms with van der Waals surface area (Å²) in [6, 6.07) is 3.63. The number of hydrogen-bond donors (Lipinski definition) is 2. The van der Waals surface area contributed by atoms with Gasteiger partial charge in [-0.1, -0.05) is 0 Å². The van der Waals surface area contributed by atoms with Crippen molar-refractivity contribution in [3.05, 3.63) is 23.7 Å². The Kier molecular flexibility index (Phi) is 3.49. The third-order valence-electron chi connectivity index (χ3n) is 3.13. The highest BCUT2D eigenvalue weighted by atomic mass is 16.3. The number of carbonyl (C=O) groups excluding carboxylic acids is 1. The van der Waals surface area contributed by atoms with Crippen LogP contribution in [0.25, 0.3) is 0 Å². The lowest BCUT2D eigenvalue weighted by molar-refractivity contribution is 0.0914. The summed E-state index contributed by atoms with van der Waals surface area (Å²) in [6.07, 6.45) is 0.418. The van der Waals surface area contributed by atoms with Crippen LogP contribution in [0.3, 0.4) is 0 Å². The minimum absolute atomic E-state index is 0.199. The van der Waals surface area contributed by atoms with Gasteiger partial charge in [0.1, 0.15) is 5.76 Å². The average molecular weight is 238 g/mol. The van der Waals surface area contributed by atoms with Crippen molar-refractivity contribution in [2.45, 2.75) is 25.5 Å². The number of aliphatic hydroxyl groups excluding tert-OH is 1. The highest BCUT2D eigenvalue weighted by Gasteiger charge is 2.28. The van der Waals surface area contributed by atoms with Gasteiger partial charge >= 0.3 is 0 Å². The Morgan fingerprint density at radius 2 is 2.41 bits per heavy atom. The molecule has 17 heavy (non-hydrogen) atoms. The Balaban J connectivity index is 1.84. The highest BCUT2D eigenvalue weighted by Crippen LogP contribution is 2.15. The molecule has 0 unspecified atom stereocenters. The number of carbonyl (C=O) groups is 1. The second-order valence-electron chi connectivity index (χ2n) is 4.60. The molecule has 0 radical (unpaired) electrons. The molecule has 5 heteroatoms. The molecule has 2 rings (SSSR count). The molecule has 1 saturated heterocycles. The topological polar surface area (TPSA) is 65.7 Å². The van der Waals surface area contributed by atoms with Crippen molar-refractivity contribution in [1.82, 2.24) is 10.2 Å². The zero-order valence-electron chi connectivity index (χ0n) is 10.1. The summed E-state index contributed by atoms with van der Waals surface area (Å²) in [6.45, 7) is 3.00. The van der Waals surface area contributed by atoms with E-state index in [4.69, 9.17) is 4.42 Å². The van der Waals surface area contributed by atoms with Crippen LogP contribution >= 0.6 is 0 Å². The van der Waals surface area contributed by atoms with Crippen molar-refractivity contribution in [3.8, 4) is 0 Å². The SMILES string of the molecule is Cc1ccc(C(=O)NC[C@@H]2C[C@@H](O)CN2C)o1. The summed E-state index contributed by atoms with van der Waals surface area (Å²) in [5.74, 6) is 0.861. The Labute approximate surface area is 100 Å². The van der Waals surface area contributed by atoms with E-state index >= 15 is 0 Å². The van der Waals surface area contributed by atoms with Crippen LogP contribution < -0.4 is 5.32 Å². The molecule has 1 amide bonds. The monoisotopic (exact) mass is 238 g/mol. The lowest BCUT2D eigenvalue weighted by Crippen LogP contribution is -2.38. The van der Waals surface area contributed by atoms with Gasteiger partial charge in [0.05, 0.1) is 6.10 Å². The van der Waals surface area contributed by atoms with Gasteiger partial charge in [0, 0.05) is 19.1 Å². The van der Waals surface area contributed by atoms with Crippen molar-refractivity contribution < 1.29 is 14.3 Å². The Morgan fingerprint density at radius 3 is 2.94 bits per heavy atom. The van der Waals surface area contributed by atoms with Crippen molar-refractivity contribution in [3.63, 3.8) is 0 Å². The fourth-order valence-electron chi connectivity index (χ4n) is 2.14. The number of nitrogens with zero attached hydrogens (tertiary/aromatic N) is 1. The maximum atomic E-state index is 11.7. The summed E-state index contributed by atoms with van der Waals surface area (Å²) in [5, 5.41) is 12.3. The minimum atomic E-state index is -0.284. The maximum Gasteiger partial charge on any atom is 0.287 e. The van der Waals surface area contributed by atoms with Gasteiger partial charge in [-0.25, -0.2) is 0 Å². The van der Waals surface area contributed by atoms with E-state index < -0.39 is 0 Å². The van der Waals surface area contributed by atoms with E-state index in [1.165, 1.54) is 0 Å². The summed E-state index contributed by atoms with van der Waals surface area (Å²) >= 11 is 0. The molecule has 2 atom stereocenters. The third-order valence-corrected chi connectivity index (χ3v) is 3.13. The molecule has 1 fully saturated rings. The van der Waals surface area contributed by atoms with Gasteiger partial charge in [0.25, 0.3) is 5.91 Å². The third kappa shape index (κ3) is 2.87. The molecule has 2 N–H and O–H groups in total. The summed E-state index contributed by atoms with van der Waals surface area (Å²) < 4.78 is 5.23. The van der Waals surface area contributed by atoms with Crippen LogP contribution in [0.5, 0.6) is 0 Å². The number of amides is 1. The van der Waals surface area contributed by atoms with Crippen molar-refractivity contribution >= 4 is 5.91 Å². The molecule has 2 heterocycles. The standard InChI is InChI=1S/C12H18N2O3/c1-8-3-4-11(17-8)12(16)13-6-9-5-10(15)7-14(9)2/h3-4,9-10,15H,5-7H2,1-2H3,(H,13,16)/t9-,10+/m0/s1. The van der Waals surface area contributed by atoms with Gasteiger partial charge in [-0.15, -0.1) is 0 Å². The van der Waals surface area contributed by atoms with E-state index in [1.54, 1.807) is 19.1 Å². The molecular formula is C12H18N2O3. The normalized spacial score (nSPS) is 25.1. The van der Waals surface area contributed by atoms with Crippen molar-refractivity contribution in [2.75, 3.05) is 20.1 Å². The van der Waals surface area contributed by atoms with E-state index in [-0.39, 0.29) is 18.1 Å². The highest BCUT2D eigenvalue weighted by molar-refractivity contribution is 5.91. The molecular weight excluding hydrogens is 220 g/mol. The number of likely N-dealkylation sites (N-methyl/N-ethyl adjacent to an activating group) is 1. The van der Waals surface area contributed by atoms with Crippen LogP contribution in [0.15, 0.2) is 16.5 Å². The van der Waals surface area contributed by atoms with Gasteiger partial charge in [-0.3, -0.25) is 9.69 Å². The zero-order chi connectivity index (χ0) is 12.4. The van der Waals surface area contributed by atoms with Crippen LogP contribution in [-0.4, -0.2) is 48.2 Å². The molecule has 94 valence electrons. The molecule has 5 nitrogen and oxygen atoms in total. The molecule has 0 aromatic carbocycles. The predicted molar refractivity (Wildman–Crippen MR) is 62.8 cm³/mol. The molecule has 0 spiro atoms. The van der Waals surface area contributed by atoms with Gasteiger partial charge in [-0.2, -0.15) is 0 Å². The first-order chi connectivity index (χ1) is 8.06. The molecule has 1 aromatic rings. The second kappa shape index (κ2) is 4.89. The van der Waals surface area contributed by atoms with Crippen molar-refractivity contribution in [2.24, 2.45) is 0 Å². The van der Waals surface area contributed by atoms with Crippen LogP contribution in [0.2, 0.25) is 0 Å². The van der Waals surface area contributed by atoms with E-state index in [1.807, 2.05) is 7.05 Å². The van der Waals surface area contributed by atoms with E-state index in [0.717, 1.165) is 5.76 Å². The van der Waals surface area contributed by atoms with Crippen LogP contribution in [0.4, 0.5) is 0 Å². The fourth-order valence-corrected chi connectivity index (χ4v) is 2.14. The predicted octanol–water partition coefficient (Wildman–Crippen LogP) is 0.383. The number of aryl methyl sites for hydroxylation is 1. The Hall–Kier alpha value is -1.33. The van der Waals surface area contributed by atoms with Gasteiger partial charge < -0.3 is 14.8 Å². The Morgan fingerprint density at radius 1 is 1.65 bits per heavy atom. The molecule has 0 aliphatic carbocycles. The van der Waals surface area contributed by atoms with Crippen LogP contribution in [-0.2, 0) is 0 Å². The first-order valence-corrected chi connectivity index (χ1v) is 5.79. The molecule has 1 aliphatic rings. The fraction of sp³-hybridized carbons (Fsp3) is 0.583. The summed E-state index contributed by atoms with van der Waals surface area (Å²) in [7, 11) is 1.95. The second-order valence-corrected chi connectivity index (χ2v) is 4.60. The number of aliphatic hydroxyl groups is 1. The first-order valence-electron chi connectivity index (χ1n) is 5.79. The summed E-state index contributed by atoms with van der Waals surface area (Å²) in [4.78, 5) is 13.8. The average Bonchev–Trinajstić information content (AvgIpc) is 2.82. The summed E-state index contributed by atoms with van der Waals surface area (Å²) in [5.41, 5.74) is 0. The van der Waals surface area contributed by atoms with Gasteiger partial charge in [0.15, 0.2) is 5.76 Å². The lowest BCUT2D eigenvalue weighted by atomic mass is 10.2. The van der Waals surface area contributed by atoms with Crippen LogP contribution in [0, 0.1) is 6.92 Å². The number of rotatable bonds is 3. The van der Waals surface area contributed by atoms with Gasteiger partial charge in [-0.05, 0) is 32.5 Å². The molecule has 0 bridgehead atoms. The van der Waals surface area contributed by atoms with E-state index in [0.29, 0.717) is 25.3 Å². The quantitative estimate of drug-likeness (QED) is 0.799. The minimum Gasteiger partial charge on any atom is -0.456 e. The molecule has 1 aliphatic heterocycles. The Bertz CT molecular complexity index is 402. The molecule has 0 saturated carbocycles. The van der Waals surface area contributed by atoms with Gasteiger partial charge in [0.2, 0.25) is 0 Å². The van der Waals surface area contributed by atoms with Crippen LogP contribution in [0.1, 0.15) is 22.7 Å². The van der Waals surface area contributed by atoms with E-state index in [2.05, 4.69) is 10.2 Å². The number of hydrogen-bond acceptors (Lipinski definition) is 4. The van der Waals surface area contributed by atoms with E-state index in [9.17, 15) is 9.90 Å². The number of likely N-dealkylation sites (tertiary alicyclic amines) is 1. The largest absolute Gasteiger partial charge is 0.456 e. The molecule has 1 aromatic heterocycles. The zero-order valence-corrected chi connectivity index (χ0v) is 10.1. The first kappa shape index (κ1) is 12.1. The number of nitrogens with one attached hydrogen (secondary N) is 1.